The summed E-state index contributed by atoms with van der Waals surface area (Å²) in [5.41, 5.74) is 2.16. The van der Waals surface area contributed by atoms with Gasteiger partial charge in [-0.15, -0.1) is 0 Å². The molecule has 2 aliphatic rings. The summed E-state index contributed by atoms with van der Waals surface area (Å²) in [6.45, 7) is 8.29. The zero-order valence-corrected chi connectivity index (χ0v) is 28.5. The average Bonchev–Trinajstić information content (AvgIpc) is 3.06. The number of anilines is 1. The largest absolute Gasteiger partial charge is 0.497 e. The maximum absolute atomic E-state index is 14.4. The Bertz CT molecular complexity index is 1250. The molecule has 0 aromatic heterocycles. The third-order valence-corrected chi connectivity index (χ3v) is 9.40. The summed E-state index contributed by atoms with van der Waals surface area (Å²) in [7, 11) is 3.75. The van der Waals surface area contributed by atoms with Crippen LogP contribution in [0.3, 0.4) is 0 Å². The number of nitrogens with zero attached hydrogens (tertiary/aromatic N) is 2. The lowest BCUT2D eigenvalue weighted by Crippen LogP contribution is -2.47. The zero-order chi connectivity index (χ0) is 33.1. The smallest absolute Gasteiger partial charge is 0.258 e. The van der Waals surface area contributed by atoms with Crippen LogP contribution in [0.4, 0.5) is 5.69 Å². The van der Waals surface area contributed by atoms with E-state index in [1.807, 2.05) is 32.0 Å². The Labute approximate surface area is 275 Å². The van der Waals surface area contributed by atoms with Crippen molar-refractivity contribution in [2.75, 3.05) is 45.8 Å². The molecule has 4 rings (SSSR count). The van der Waals surface area contributed by atoms with Gasteiger partial charge in [-0.1, -0.05) is 38.3 Å². The number of hydrogen-bond donors (Lipinski definition) is 2. The third kappa shape index (κ3) is 10.2. The van der Waals surface area contributed by atoms with Gasteiger partial charge in [-0.05, 0) is 88.9 Å². The average molecular weight is 638 g/mol. The maximum Gasteiger partial charge on any atom is 0.258 e. The second kappa shape index (κ2) is 17.7. The Balaban J connectivity index is 1.57. The van der Waals surface area contributed by atoms with Crippen LogP contribution < -0.4 is 14.8 Å². The van der Waals surface area contributed by atoms with Crippen molar-refractivity contribution in [2.24, 2.45) is 11.8 Å². The van der Waals surface area contributed by atoms with Crippen LogP contribution >= 0.6 is 0 Å². The Morgan fingerprint density at radius 3 is 2.48 bits per heavy atom. The lowest BCUT2D eigenvalue weighted by molar-refractivity contribution is -0.120. The SMILES string of the molecule is COc1ccc(CN(C)C[C@H]2OCCCC[C@H](C)Oc3ccc(NC(=O)C4CCCCC4)cc3C(=O)N([C@H](C)CO)C[C@H]2C)cc1. The Morgan fingerprint density at radius 1 is 1.07 bits per heavy atom. The number of benzene rings is 2. The van der Waals surface area contributed by atoms with E-state index in [-0.39, 0.29) is 42.5 Å². The van der Waals surface area contributed by atoms with Crippen LogP contribution in [-0.2, 0) is 16.1 Å². The summed E-state index contributed by atoms with van der Waals surface area (Å²) in [5, 5.41) is 13.3. The minimum absolute atomic E-state index is 0.000868. The highest BCUT2D eigenvalue weighted by Gasteiger charge is 2.31. The molecule has 0 unspecified atom stereocenters. The molecule has 2 aromatic rings. The summed E-state index contributed by atoms with van der Waals surface area (Å²) in [6.07, 6.45) is 7.56. The predicted octanol–water partition coefficient (Wildman–Crippen LogP) is 6.14. The number of fused-ring (bicyclic) bond motifs is 1. The summed E-state index contributed by atoms with van der Waals surface area (Å²) in [5.74, 6) is 1.09. The molecular weight excluding hydrogens is 582 g/mol. The van der Waals surface area contributed by atoms with Gasteiger partial charge in [0, 0.05) is 43.8 Å². The van der Waals surface area contributed by atoms with Gasteiger partial charge in [-0.3, -0.25) is 14.5 Å². The van der Waals surface area contributed by atoms with Gasteiger partial charge in [0.2, 0.25) is 5.91 Å². The lowest BCUT2D eigenvalue weighted by atomic mass is 9.88. The molecule has 0 bridgehead atoms. The number of carbonyl (C=O) groups is 2. The van der Waals surface area contributed by atoms with Crippen molar-refractivity contribution in [1.82, 2.24) is 9.80 Å². The molecule has 0 spiro atoms. The molecule has 0 radical (unpaired) electrons. The van der Waals surface area contributed by atoms with Crippen molar-refractivity contribution in [2.45, 2.75) is 96.9 Å². The standard InChI is InChI=1S/C37H55N3O6/c1-26-22-40(27(2)25-41)37(43)33-21-31(38-36(42)30-12-7-6-8-13-30)16-19-34(33)46-28(3)11-9-10-20-45-35(26)24-39(4)23-29-14-17-32(44-5)18-15-29/h14-19,21,26-28,30,35,41H,6-13,20,22-25H2,1-5H3,(H,38,42)/t26-,27-,28+,35-/m1/s1. The van der Waals surface area contributed by atoms with Crippen LogP contribution in [0.5, 0.6) is 11.5 Å². The fourth-order valence-electron chi connectivity index (χ4n) is 6.49. The number of carbonyl (C=O) groups excluding carboxylic acids is 2. The van der Waals surface area contributed by atoms with Crippen molar-refractivity contribution >= 4 is 17.5 Å². The van der Waals surface area contributed by atoms with Gasteiger partial charge in [-0.2, -0.15) is 0 Å². The zero-order valence-electron chi connectivity index (χ0n) is 28.5. The van der Waals surface area contributed by atoms with E-state index in [1.165, 1.54) is 12.0 Å². The van der Waals surface area contributed by atoms with E-state index in [0.29, 0.717) is 36.7 Å². The van der Waals surface area contributed by atoms with Crippen LogP contribution in [0.1, 0.15) is 88.1 Å². The molecule has 1 saturated carbocycles. The molecule has 2 amide bonds. The molecule has 1 heterocycles. The molecule has 254 valence electrons. The summed E-state index contributed by atoms with van der Waals surface area (Å²) in [6, 6.07) is 13.0. The van der Waals surface area contributed by atoms with Gasteiger partial charge in [0.1, 0.15) is 11.5 Å². The number of aliphatic hydroxyl groups excluding tert-OH is 1. The molecule has 0 saturated heterocycles. The van der Waals surface area contributed by atoms with Gasteiger partial charge < -0.3 is 29.5 Å². The van der Waals surface area contributed by atoms with Crippen molar-refractivity contribution in [1.29, 1.82) is 0 Å². The van der Waals surface area contributed by atoms with Crippen LogP contribution in [0, 0.1) is 11.8 Å². The molecule has 9 nitrogen and oxygen atoms in total. The van der Waals surface area contributed by atoms with E-state index < -0.39 is 6.04 Å². The Morgan fingerprint density at radius 2 is 1.78 bits per heavy atom. The van der Waals surface area contributed by atoms with E-state index >= 15 is 0 Å². The Kier molecular flexibility index (Phi) is 13.7. The number of likely N-dealkylation sites (N-methyl/N-ethyl adjacent to an activating group) is 1. The van der Waals surface area contributed by atoms with Crippen LogP contribution in [0.2, 0.25) is 0 Å². The molecule has 1 fully saturated rings. The first-order chi connectivity index (χ1) is 22.2. The Hall–Kier alpha value is -3.14. The minimum atomic E-state index is -0.425. The quantitative estimate of drug-likeness (QED) is 0.341. The molecule has 4 atom stereocenters. The van der Waals surface area contributed by atoms with Gasteiger partial charge >= 0.3 is 0 Å². The highest BCUT2D eigenvalue weighted by atomic mass is 16.5. The molecule has 1 aliphatic heterocycles. The van der Waals surface area contributed by atoms with Crippen molar-refractivity contribution in [3.63, 3.8) is 0 Å². The van der Waals surface area contributed by atoms with Gasteiger partial charge in [0.05, 0.1) is 37.5 Å². The summed E-state index contributed by atoms with van der Waals surface area (Å²) >= 11 is 0. The van der Waals surface area contributed by atoms with E-state index in [4.69, 9.17) is 14.2 Å². The molecule has 2 aromatic carbocycles. The van der Waals surface area contributed by atoms with Crippen LogP contribution in [-0.4, -0.2) is 85.4 Å². The van der Waals surface area contributed by atoms with Gasteiger partial charge in [0.25, 0.3) is 5.91 Å². The highest BCUT2D eigenvalue weighted by Crippen LogP contribution is 2.30. The second-order valence-corrected chi connectivity index (χ2v) is 13.4. The van der Waals surface area contributed by atoms with E-state index in [9.17, 15) is 14.7 Å². The fraction of sp³-hybridized carbons (Fsp3) is 0.622. The third-order valence-electron chi connectivity index (χ3n) is 9.40. The molecule has 46 heavy (non-hydrogen) atoms. The first-order valence-corrected chi connectivity index (χ1v) is 17.1. The monoisotopic (exact) mass is 637 g/mol. The minimum Gasteiger partial charge on any atom is -0.497 e. The van der Waals surface area contributed by atoms with E-state index in [0.717, 1.165) is 57.2 Å². The van der Waals surface area contributed by atoms with Gasteiger partial charge in [0.15, 0.2) is 0 Å². The van der Waals surface area contributed by atoms with Crippen molar-refractivity contribution in [3.05, 3.63) is 53.6 Å². The van der Waals surface area contributed by atoms with Crippen molar-refractivity contribution < 1.29 is 28.9 Å². The molecular formula is C37H55N3O6. The number of rotatable bonds is 9. The number of amides is 2. The van der Waals surface area contributed by atoms with Crippen molar-refractivity contribution in [3.8, 4) is 11.5 Å². The molecule has 9 heteroatoms. The predicted molar refractivity (Wildman–Crippen MR) is 181 cm³/mol. The first-order valence-electron chi connectivity index (χ1n) is 17.1. The number of aliphatic hydroxyl groups is 1. The molecule has 1 aliphatic carbocycles. The van der Waals surface area contributed by atoms with E-state index in [1.54, 1.807) is 24.1 Å². The maximum atomic E-state index is 14.4. The summed E-state index contributed by atoms with van der Waals surface area (Å²) < 4.78 is 18.2. The first kappa shape index (κ1) is 35.7. The molecule has 2 N–H and O–H groups in total. The summed E-state index contributed by atoms with van der Waals surface area (Å²) in [4.78, 5) is 31.4. The number of nitrogens with one attached hydrogen (secondary N) is 1. The number of methoxy groups -OCH3 is 1. The topological polar surface area (TPSA) is 101 Å². The lowest BCUT2D eigenvalue weighted by Gasteiger charge is -2.36. The normalized spacial score (nSPS) is 22.8. The highest BCUT2D eigenvalue weighted by molar-refractivity contribution is 6.00. The fourth-order valence-corrected chi connectivity index (χ4v) is 6.49. The van der Waals surface area contributed by atoms with Crippen LogP contribution in [0.25, 0.3) is 0 Å². The van der Waals surface area contributed by atoms with Crippen LogP contribution in [0.15, 0.2) is 42.5 Å². The van der Waals surface area contributed by atoms with Gasteiger partial charge in [-0.25, -0.2) is 0 Å². The van der Waals surface area contributed by atoms with E-state index in [2.05, 4.69) is 36.3 Å². The number of ether oxygens (including phenoxy) is 3. The second-order valence-electron chi connectivity index (χ2n) is 13.4. The number of hydrogen-bond acceptors (Lipinski definition) is 7.